The van der Waals surface area contributed by atoms with Crippen LogP contribution < -0.4 is 5.32 Å². The molecule has 3 rings (SSSR count). The van der Waals surface area contributed by atoms with Crippen LogP contribution in [-0.2, 0) is 5.75 Å². The monoisotopic (exact) mass is 358 g/mol. The van der Waals surface area contributed by atoms with E-state index in [-0.39, 0.29) is 17.1 Å². The zero-order valence-electron chi connectivity index (χ0n) is 12.2. The van der Waals surface area contributed by atoms with Gasteiger partial charge in [-0.05, 0) is 23.8 Å². The first-order valence-corrected chi connectivity index (χ1v) is 8.25. The molecule has 0 aliphatic heterocycles. The summed E-state index contributed by atoms with van der Waals surface area (Å²) < 4.78 is 5.02. The molecule has 2 N–H and O–H groups in total. The first-order valence-electron chi connectivity index (χ1n) is 6.88. The Hall–Kier alpha value is -2.69. The van der Waals surface area contributed by atoms with Crippen LogP contribution in [0.4, 0.5) is 5.82 Å². The van der Waals surface area contributed by atoms with Gasteiger partial charge in [-0.25, -0.2) is 0 Å². The van der Waals surface area contributed by atoms with Crippen LogP contribution in [0.25, 0.3) is 0 Å². The minimum Gasteiger partial charge on any atom is -0.459 e. The average Bonchev–Trinajstić information content (AvgIpc) is 3.24. The third-order valence-electron chi connectivity index (χ3n) is 3.15. The number of halogens is 1. The summed E-state index contributed by atoms with van der Waals surface area (Å²) in [7, 11) is 0. The van der Waals surface area contributed by atoms with Gasteiger partial charge in [0.2, 0.25) is 0 Å². The van der Waals surface area contributed by atoms with Crippen molar-refractivity contribution in [2.24, 2.45) is 0 Å². The van der Waals surface area contributed by atoms with Gasteiger partial charge >= 0.3 is 0 Å². The summed E-state index contributed by atoms with van der Waals surface area (Å²) in [5, 5.41) is 19.9. The van der Waals surface area contributed by atoms with E-state index in [1.165, 1.54) is 24.1 Å². The van der Waals surface area contributed by atoms with Crippen LogP contribution in [0, 0.1) is 11.3 Å². The maximum Gasteiger partial charge on any atom is 0.292 e. The molecule has 1 aromatic carbocycles. The van der Waals surface area contributed by atoms with Gasteiger partial charge in [0.25, 0.3) is 5.91 Å². The largest absolute Gasteiger partial charge is 0.459 e. The van der Waals surface area contributed by atoms with E-state index in [0.29, 0.717) is 15.8 Å². The van der Waals surface area contributed by atoms with E-state index in [2.05, 4.69) is 21.6 Å². The van der Waals surface area contributed by atoms with E-state index in [9.17, 15) is 10.1 Å². The molecule has 0 bridgehead atoms. The molecule has 8 heteroatoms. The van der Waals surface area contributed by atoms with Crippen LogP contribution in [0.3, 0.4) is 0 Å². The number of anilines is 1. The van der Waals surface area contributed by atoms with Gasteiger partial charge in [0.1, 0.15) is 22.5 Å². The number of aromatic amines is 1. The Morgan fingerprint density at radius 1 is 1.38 bits per heavy atom. The van der Waals surface area contributed by atoms with Gasteiger partial charge in [-0.3, -0.25) is 9.89 Å². The smallest absolute Gasteiger partial charge is 0.292 e. The first-order chi connectivity index (χ1) is 11.7. The van der Waals surface area contributed by atoms with E-state index in [0.717, 1.165) is 5.56 Å². The van der Waals surface area contributed by atoms with Gasteiger partial charge < -0.3 is 9.73 Å². The van der Waals surface area contributed by atoms with Crippen molar-refractivity contribution in [3.8, 4) is 6.07 Å². The fraction of sp³-hybridized carbons (Fsp3) is 0.0625. The van der Waals surface area contributed by atoms with E-state index in [1.807, 2.05) is 24.3 Å². The fourth-order valence-corrected chi connectivity index (χ4v) is 3.20. The molecule has 0 atom stereocenters. The summed E-state index contributed by atoms with van der Waals surface area (Å²) in [6.45, 7) is 0. The number of benzene rings is 1. The minimum atomic E-state index is -0.456. The van der Waals surface area contributed by atoms with Crippen LogP contribution >= 0.6 is 23.4 Å². The number of carbonyl (C=O) groups is 1. The highest BCUT2D eigenvalue weighted by Gasteiger charge is 2.18. The number of nitriles is 1. The van der Waals surface area contributed by atoms with Crippen LogP contribution in [0.1, 0.15) is 21.7 Å². The Morgan fingerprint density at radius 3 is 2.92 bits per heavy atom. The molecule has 0 saturated carbocycles. The Labute approximate surface area is 146 Å². The molecule has 1 amide bonds. The molecule has 120 valence electrons. The van der Waals surface area contributed by atoms with Gasteiger partial charge in [0, 0.05) is 10.8 Å². The van der Waals surface area contributed by atoms with Gasteiger partial charge in [-0.2, -0.15) is 10.4 Å². The standard InChI is InChI=1S/C16H11ClN4O2S/c17-12-5-2-1-4-10(12)9-24-16-11(8-18)14(20-21-16)19-15(22)13-6-3-7-23-13/h1-7H,9H2,(H2,19,20,21,22). The summed E-state index contributed by atoms with van der Waals surface area (Å²) in [5.41, 5.74) is 1.21. The van der Waals surface area contributed by atoms with E-state index >= 15 is 0 Å². The lowest BCUT2D eigenvalue weighted by atomic mass is 10.2. The highest BCUT2D eigenvalue weighted by atomic mass is 35.5. The number of rotatable bonds is 5. The van der Waals surface area contributed by atoms with Crippen LogP contribution in [0.5, 0.6) is 0 Å². The third-order valence-corrected chi connectivity index (χ3v) is 4.54. The SMILES string of the molecule is N#Cc1c(SCc2ccccc2Cl)n[nH]c1NC(=O)c1ccco1. The molecular weight excluding hydrogens is 348 g/mol. The maximum absolute atomic E-state index is 12.0. The number of amides is 1. The van der Waals surface area contributed by atoms with Crippen LogP contribution in [0.15, 0.2) is 52.1 Å². The predicted molar refractivity (Wildman–Crippen MR) is 91.0 cm³/mol. The number of hydrogen-bond donors (Lipinski definition) is 2. The molecule has 2 aromatic heterocycles. The lowest BCUT2D eigenvalue weighted by Gasteiger charge is -2.02. The second-order valence-corrected chi connectivity index (χ2v) is 6.07. The average molecular weight is 359 g/mol. The Morgan fingerprint density at radius 2 is 2.21 bits per heavy atom. The highest BCUT2D eigenvalue weighted by Crippen LogP contribution is 2.30. The van der Waals surface area contributed by atoms with Crippen molar-refractivity contribution in [2.45, 2.75) is 10.8 Å². The molecule has 0 aliphatic carbocycles. The number of nitrogens with one attached hydrogen (secondary N) is 2. The zero-order valence-corrected chi connectivity index (χ0v) is 13.8. The van der Waals surface area contributed by atoms with Gasteiger partial charge in [0.15, 0.2) is 5.76 Å². The summed E-state index contributed by atoms with van der Waals surface area (Å²) in [5.74, 6) is 0.493. The van der Waals surface area contributed by atoms with Crippen molar-refractivity contribution in [1.82, 2.24) is 10.2 Å². The summed E-state index contributed by atoms with van der Waals surface area (Å²) in [6.07, 6.45) is 1.40. The lowest BCUT2D eigenvalue weighted by Crippen LogP contribution is -2.12. The van der Waals surface area contributed by atoms with Crippen molar-refractivity contribution < 1.29 is 9.21 Å². The topological polar surface area (TPSA) is 94.7 Å². The molecular formula is C16H11ClN4O2S. The van der Waals surface area contributed by atoms with Crippen molar-refractivity contribution in [1.29, 1.82) is 5.26 Å². The summed E-state index contributed by atoms with van der Waals surface area (Å²) in [6, 6.07) is 12.7. The van der Waals surface area contributed by atoms with Gasteiger partial charge in [0.05, 0.1) is 6.26 Å². The minimum absolute atomic E-state index is 0.152. The predicted octanol–water partition coefficient (Wildman–Crippen LogP) is 4.07. The summed E-state index contributed by atoms with van der Waals surface area (Å²) >= 11 is 7.48. The number of aromatic nitrogens is 2. The quantitative estimate of drug-likeness (QED) is 0.670. The molecule has 24 heavy (non-hydrogen) atoms. The number of hydrogen-bond acceptors (Lipinski definition) is 5. The van der Waals surface area contributed by atoms with Crippen molar-refractivity contribution in [2.75, 3.05) is 5.32 Å². The highest BCUT2D eigenvalue weighted by molar-refractivity contribution is 7.98. The molecule has 0 saturated heterocycles. The molecule has 0 fully saturated rings. The molecule has 0 aliphatic rings. The molecule has 0 radical (unpaired) electrons. The zero-order chi connectivity index (χ0) is 16.9. The number of carbonyl (C=O) groups excluding carboxylic acids is 1. The number of furan rings is 1. The normalized spacial score (nSPS) is 10.3. The van der Waals surface area contributed by atoms with Gasteiger partial charge in [-0.1, -0.05) is 41.6 Å². The summed E-state index contributed by atoms with van der Waals surface area (Å²) in [4.78, 5) is 12.0. The Balaban J connectivity index is 1.74. The number of nitrogens with zero attached hydrogens (tertiary/aromatic N) is 2. The first kappa shape index (κ1) is 16.2. The van der Waals surface area contributed by atoms with E-state index < -0.39 is 5.91 Å². The molecule has 0 unspecified atom stereocenters. The van der Waals surface area contributed by atoms with Crippen molar-refractivity contribution >= 4 is 35.1 Å². The fourth-order valence-electron chi connectivity index (χ4n) is 1.97. The van der Waals surface area contributed by atoms with Crippen LogP contribution in [-0.4, -0.2) is 16.1 Å². The molecule has 6 nitrogen and oxygen atoms in total. The molecule has 0 spiro atoms. The Kier molecular flexibility index (Phi) is 4.89. The van der Waals surface area contributed by atoms with Crippen molar-refractivity contribution in [3.63, 3.8) is 0 Å². The Bertz CT molecular complexity index is 899. The number of H-pyrrole nitrogens is 1. The van der Waals surface area contributed by atoms with Gasteiger partial charge in [-0.15, -0.1) is 0 Å². The van der Waals surface area contributed by atoms with Crippen molar-refractivity contribution in [3.05, 3.63) is 64.6 Å². The molecule has 2 heterocycles. The second kappa shape index (κ2) is 7.25. The van der Waals surface area contributed by atoms with Crippen LogP contribution in [0.2, 0.25) is 5.02 Å². The van der Waals surface area contributed by atoms with E-state index in [4.69, 9.17) is 16.0 Å². The van der Waals surface area contributed by atoms with E-state index in [1.54, 1.807) is 6.07 Å². The third kappa shape index (κ3) is 3.45. The second-order valence-electron chi connectivity index (χ2n) is 4.70. The maximum atomic E-state index is 12.0. The lowest BCUT2D eigenvalue weighted by molar-refractivity contribution is 0.0996. The number of thioether (sulfide) groups is 1. The molecule has 3 aromatic rings.